The number of aromatic nitrogens is 2. The third-order valence-electron chi connectivity index (χ3n) is 3.14. The second kappa shape index (κ2) is 5.97. The van der Waals surface area contributed by atoms with Gasteiger partial charge in [-0.3, -0.25) is 0 Å². The second-order valence-corrected chi connectivity index (χ2v) is 4.53. The van der Waals surface area contributed by atoms with Crippen LogP contribution in [0.2, 0.25) is 0 Å². The lowest BCUT2D eigenvalue weighted by Gasteiger charge is -2.20. The summed E-state index contributed by atoms with van der Waals surface area (Å²) in [6.45, 7) is 0. The second-order valence-electron chi connectivity index (χ2n) is 4.53. The van der Waals surface area contributed by atoms with Crippen molar-refractivity contribution in [3.8, 4) is 0 Å². The van der Waals surface area contributed by atoms with Crippen LogP contribution in [0, 0.1) is 0 Å². The molecule has 3 aromatic rings. The SMILES string of the molecule is c1ccc(C(Nc2cncnc2)c2ccccc2)cc1. The Hall–Kier alpha value is -2.68. The normalized spacial score (nSPS) is 10.4. The van der Waals surface area contributed by atoms with Crippen LogP contribution in [0.5, 0.6) is 0 Å². The van der Waals surface area contributed by atoms with Gasteiger partial charge in [0.2, 0.25) is 0 Å². The van der Waals surface area contributed by atoms with Gasteiger partial charge in [0.25, 0.3) is 0 Å². The highest BCUT2D eigenvalue weighted by Gasteiger charge is 2.13. The number of nitrogens with one attached hydrogen (secondary N) is 1. The average molecular weight is 261 g/mol. The van der Waals surface area contributed by atoms with Gasteiger partial charge in [-0.25, -0.2) is 9.97 Å². The average Bonchev–Trinajstić information content (AvgIpc) is 2.55. The fraction of sp³-hybridized carbons (Fsp3) is 0.0588. The molecular weight excluding hydrogens is 246 g/mol. The molecule has 1 aromatic heterocycles. The van der Waals surface area contributed by atoms with E-state index in [1.54, 1.807) is 12.4 Å². The quantitative estimate of drug-likeness (QED) is 0.778. The maximum atomic E-state index is 4.05. The fourth-order valence-electron chi connectivity index (χ4n) is 2.19. The van der Waals surface area contributed by atoms with Crippen molar-refractivity contribution in [3.63, 3.8) is 0 Å². The summed E-state index contributed by atoms with van der Waals surface area (Å²) in [5, 5.41) is 3.49. The molecule has 0 saturated heterocycles. The van der Waals surface area contributed by atoms with Gasteiger partial charge in [0.05, 0.1) is 24.1 Å². The molecule has 0 fully saturated rings. The Morgan fingerprint density at radius 3 is 1.70 bits per heavy atom. The van der Waals surface area contributed by atoms with Crippen molar-refractivity contribution in [1.82, 2.24) is 9.97 Å². The van der Waals surface area contributed by atoms with Gasteiger partial charge in [0.1, 0.15) is 6.33 Å². The van der Waals surface area contributed by atoms with E-state index in [1.165, 1.54) is 17.5 Å². The van der Waals surface area contributed by atoms with Crippen LogP contribution in [0.15, 0.2) is 79.4 Å². The van der Waals surface area contributed by atoms with Crippen LogP contribution in [-0.4, -0.2) is 9.97 Å². The molecule has 0 spiro atoms. The van der Waals surface area contributed by atoms with E-state index in [0.717, 1.165) is 5.69 Å². The molecule has 1 N–H and O–H groups in total. The molecule has 1 heterocycles. The first-order chi connectivity index (χ1) is 9.93. The zero-order valence-electron chi connectivity index (χ0n) is 11.0. The number of rotatable bonds is 4. The van der Waals surface area contributed by atoms with Gasteiger partial charge in [-0.15, -0.1) is 0 Å². The molecule has 3 rings (SSSR count). The van der Waals surface area contributed by atoms with Crippen LogP contribution in [0.3, 0.4) is 0 Å². The molecule has 0 radical (unpaired) electrons. The maximum Gasteiger partial charge on any atom is 0.115 e. The van der Waals surface area contributed by atoms with E-state index in [2.05, 4.69) is 63.8 Å². The van der Waals surface area contributed by atoms with E-state index < -0.39 is 0 Å². The highest BCUT2D eigenvalue weighted by atomic mass is 15.0. The molecule has 0 amide bonds. The molecule has 98 valence electrons. The number of hydrogen-bond donors (Lipinski definition) is 1. The summed E-state index contributed by atoms with van der Waals surface area (Å²) >= 11 is 0. The summed E-state index contributed by atoms with van der Waals surface area (Å²) in [6.07, 6.45) is 5.10. The van der Waals surface area contributed by atoms with Crippen molar-refractivity contribution in [2.45, 2.75) is 6.04 Å². The molecule has 2 aromatic carbocycles. The third kappa shape index (κ3) is 2.83. The standard InChI is InChI=1S/C17H15N3/c1-3-7-14(8-4-1)17(15-9-5-2-6-10-15)20-16-11-18-13-19-12-16/h1-13,17,20H. The minimum absolute atomic E-state index is 0.0865. The van der Waals surface area contributed by atoms with E-state index in [-0.39, 0.29) is 6.04 Å². The maximum absolute atomic E-state index is 4.05. The van der Waals surface area contributed by atoms with Gasteiger partial charge in [-0.2, -0.15) is 0 Å². The van der Waals surface area contributed by atoms with E-state index in [4.69, 9.17) is 0 Å². The van der Waals surface area contributed by atoms with Crippen molar-refractivity contribution in [2.75, 3.05) is 5.32 Å². The van der Waals surface area contributed by atoms with Gasteiger partial charge in [0.15, 0.2) is 0 Å². The van der Waals surface area contributed by atoms with Crippen molar-refractivity contribution in [2.24, 2.45) is 0 Å². The van der Waals surface area contributed by atoms with Crippen LogP contribution in [0.4, 0.5) is 5.69 Å². The minimum Gasteiger partial charge on any atom is -0.372 e. The van der Waals surface area contributed by atoms with Crippen LogP contribution in [-0.2, 0) is 0 Å². The van der Waals surface area contributed by atoms with Gasteiger partial charge < -0.3 is 5.32 Å². The first-order valence-corrected chi connectivity index (χ1v) is 6.55. The molecule has 0 atom stereocenters. The smallest absolute Gasteiger partial charge is 0.115 e. The molecule has 0 bridgehead atoms. The van der Waals surface area contributed by atoms with Crippen LogP contribution >= 0.6 is 0 Å². The predicted octanol–water partition coefficient (Wildman–Crippen LogP) is 3.68. The lowest BCUT2D eigenvalue weighted by atomic mass is 9.98. The number of benzene rings is 2. The lowest BCUT2D eigenvalue weighted by molar-refractivity contribution is 0.932. The molecule has 3 heteroatoms. The summed E-state index contributed by atoms with van der Waals surface area (Å²) in [5.74, 6) is 0. The lowest BCUT2D eigenvalue weighted by Crippen LogP contribution is -2.12. The Kier molecular flexibility index (Phi) is 3.69. The van der Waals surface area contributed by atoms with Gasteiger partial charge in [-0.1, -0.05) is 60.7 Å². The molecule has 0 saturated carbocycles. The molecule has 20 heavy (non-hydrogen) atoms. The predicted molar refractivity (Wildman–Crippen MR) is 80.4 cm³/mol. The van der Waals surface area contributed by atoms with E-state index in [1.807, 2.05) is 12.1 Å². The van der Waals surface area contributed by atoms with E-state index in [0.29, 0.717) is 0 Å². The zero-order chi connectivity index (χ0) is 13.6. The Balaban J connectivity index is 1.96. The summed E-state index contributed by atoms with van der Waals surface area (Å²) in [4.78, 5) is 8.10. The summed E-state index contributed by atoms with van der Waals surface area (Å²) < 4.78 is 0. The van der Waals surface area contributed by atoms with Gasteiger partial charge >= 0.3 is 0 Å². The van der Waals surface area contributed by atoms with E-state index in [9.17, 15) is 0 Å². The monoisotopic (exact) mass is 261 g/mol. The highest BCUT2D eigenvalue weighted by molar-refractivity contribution is 5.46. The van der Waals surface area contributed by atoms with Crippen LogP contribution in [0.1, 0.15) is 17.2 Å². The molecule has 0 aliphatic heterocycles. The fourth-order valence-corrected chi connectivity index (χ4v) is 2.19. The number of nitrogens with zero attached hydrogens (tertiary/aromatic N) is 2. The summed E-state index contributed by atoms with van der Waals surface area (Å²) in [5.41, 5.74) is 3.33. The molecule has 0 aliphatic carbocycles. The van der Waals surface area contributed by atoms with E-state index >= 15 is 0 Å². The Bertz CT molecular complexity index is 599. The van der Waals surface area contributed by atoms with Crippen molar-refractivity contribution in [1.29, 1.82) is 0 Å². The van der Waals surface area contributed by atoms with Gasteiger partial charge in [-0.05, 0) is 11.1 Å². The Labute approximate surface area is 118 Å². The first kappa shape index (κ1) is 12.4. The van der Waals surface area contributed by atoms with Crippen molar-refractivity contribution in [3.05, 3.63) is 90.5 Å². The Morgan fingerprint density at radius 2 is 1.20 bits per heavy atom. The molecule has 0 aliphatic rings. The molecule has 3 nitrogen and oxygen atoms in total. The summed E-state index contributed by atoms with van der Waals surface area (Å²) in [6, 6.07) is 20.8. The Morgan fingerprint density at radius 1 is 0.700 bits per heavy atom. The van der Waals surface area contributed by atoms with Crippen molar-refractivity contribution < 1.29 is 0 Å². The zero-order valence-corrected chi connectivity index (χ0v) is 11.0. The van der Waals surface area contributed by atoms with Crippen LogP contribution < -0.4 is 5.32 Å². The summed E-state index contributed by atoms with van der Waals surface area (Å²) in [7, 11) is 0. The number of anilines is 1. The first-order valence-electron chi connectivity index (χ1n) is 6.55. The van der Waals surface area contributed by atoms with Crippen molar-refractivity contribution >= 4 is 5.69 Å². The topological polar surface area (TPSA) is 37.8 Å². The molecular formula is C17H15N3. The highest BCUT2D eigenvalue weighted by Crippen LogP contribution is 2.25. The number of hydrogen-bond acceptors (Lipinski definition) is 3. The third-order valence-corrected chi connectivity index (χ3v) is 3.14. The van der Waals surface area contributed by atoms with Crippen LogP contribution in [0.25, 0.3) is 0 Å². The van der Waals surface area contributed by atoms with Gasteiger partial charge in [0, 0.05) is 0 Å². The molecule has 0 unspecified atom stereocenters. The minimum atomic E-state index is 0.0865. The largest absolute Gasteiger partial charge is 0.372 e.